The number of nitrogens with one attached hydrogen (secondary N) is 4. The van der Waals surface area contributed by atoms with Gasteiger partial charge < -0.3 is 69.5 Å². The van der Waals surface area contributed by atoms with E-state index in [9.17, 15) is 39.0 Å². The zero-order chi connectivity index (χ0) is 62.5. The molecule has 2 saturated carbocycles. The van der Waals surface area contributed by atoms with Gasteiger partial charge in [-0.3, -0.25) is 29.1 Å². The van der Waals surface area contributed by atoms with Gasteiger partial charge in [-0.2, -0.15) is 0 Å². The number of carbonyl (C=O) groups excluding carboxylic acids is 6. The smallest absolute Gasteiger partial charge is 0.550 e. The molecule has 6 aromatic carbocycles. The van der Waals surface area contributed by atoms with Crippen molar-refractivity contribution in [1.29, 1.82) is 0 Å². The summed E-state index contributed by atoms with van der Waals surface area (Å²) in [4.78, 5) is 81.7. The zero-order valence-corrected chi connectivity index (χ0v) is 50.9. The van der Waals surface area contributed by atoms with Gasteiger partial charge in [-0.15, -0.1) is 0 Å². The summed E-state index contributed by atoms with van der Waals surface area (Å²) in [6, 6.07) is 31.0. The number of anilines is 4. The Labute approximate surface area is 534 Å². The summed E-state index contributed by atoms with van der Waals surface area (Å²) in [5.41, 5.74) is -0.196. The number of carboxylic acid groups (broad SMARTS) is 2. The van der Waals surface area contributed by atoms with Gasteiger partial charge in [-0.1, -0.05) is 35.3 Å². The zero-order valence-electron chi connectivity index (χ0n) is 48.0. The number of aromatic nitrogens is 2. The molecule has 10 rings (SSSR count). The van der Waals surface area contributed by atoms with E-state index in [2.05, 4.69) is 31.2 Å². The SMILES string of the molecule is COc1cc2c(Oc3ccc(NC(=O)C4(C(=O)Nc5cccc(Cl)c5)CC4)cc3F)ccnc2cc1OCCCCC(=O)[O-].COc1cc2c(Oc3ccc(NC(=O)C4(C(=O)Nc5cccc(Cl)c5)CC4)cc3F)ccnc2cc1OCCCCC(=O)[O-].[Mg+2]. The molecule has 89 heavy (non-hydrogen) atoms. The molecule has 0 spiro atoms. The molecule has 0 unspecified atom stereocenters. The third-order valence-electron chi connectivity index (χ3n) is 14.3. The van der Waals surface area contributed by atoms with Crippen LogP contribution in [0.2, 0.25) is 10.0 Å². The molecular formula is C64H56Cl2F2MgN6O14. The molecule has 0 bridgehead atoms. The minimum absolute atomic E-state index is 0. The number of carbonyl (C=O) groups is 6. The molecule has 0 saturated heterocycles. The number of carboxylic acids is 2. The predicted octanol–water partition coefficient (Wildman–Crippen LogP) is 10.6. The molecule has 0 atom stereocenters. The molecule has 4 amide bonds. The molecule has 4 N–H and O–H groups in total. The van der Waals surface area contributed by atoms with Crippen LogP contribution in [0.5, 0.6) is 46.0 Å². The first kappa shape index (κ1) is 65.9. The monoisotopic (exact) mass is 1260 g/mol. The summed E-state index contributed by atoms with van der Waals surface area (Å²) < 4.78 is 64.6. The molecule has 8 aromatic rings. The Morgan fingerprint density at radius 3 is 1.17 bits per heavy atom. The Balaban J connectivity index is 0.000000228. The minimum Gasteiger partial charge on any atom is -0.550 e. The second kappa shape index (κ2) is 29.8. The third-order valence-corrected chi connectivity index (χ3v) is 14.7. The number of hydrogen-bond donors (Lipinski definition) is 4. The molecule has 0 radical (unpaired) electrons. The van der Waals surface area contributed by atoms with Crippen LogP contribution < -0.4 is 59.9 Å². The molecule has 2 heterocycles. The Morgan fingerprint density at radius 2 is 0.843 bits per heavy atom. The van der Waals surface area contributed by atoms with E-state index in [-0.39, 0.29) is 72.0 Å². The maximum absolute atomic E-state index is 15.2. The molecule has 2 aliphatic carbocycles. The largest absolute Gasteiger partial charge is 2.00 e. The molecule has 2 aromatic heterocycles. The number of aliphatic carboxylic acids is 2. The van der Waals surface area contributed by atoms with E-state index in [0.29, 0.717) is 129 Å². The Hall–Kier alpha value is -9.03. The molecule has 20 nitrogen and oxygen atoms in total. The number of unbranched alkanes of at least 4 members (excludes halogenated alkanes) is 2. The molecule has 2 fully saturated rings. The maximum atomic E-state index is 15.2. The third kappa shape index (κ3) is 16.8. The van der Waals surface area contributed by atoms with Gasteiger partial charge in [0.05, 0.1) is 38.5 Å². The van der Waals surface area contributed by atoms with Gasteiger partial charge in [0.15, 0.2) is 46.1 Å². The van der Waals surface area contributed by atoms with Crippen LogP contribution in [-0.2, 0) is 28.8 Å². The van der Waals surface area contributed by atoms with Crippen LogP contribution in [0, 0.1) is 22.5 Å². The fourth-order valence-electron chi connectivity index (χ4n) is 9.15. The normalized spacial score (nSPS) is 13.0. The number of nitrogens with zero attached hydrogens (tertiary/aromatic N) is 2. The number of rotatable bonds is 26. The quantitative estimate of drug-likeness (QED) is 0.0223. The summed E-state index contributed by atoms with van der Waals surface area (Å²) in [5.74, 6) is -3.63. The van der Waals surface area contributed by atoms with E-state index in [1.54, 1.807) is 84.9 Å². The van der Waals surface area contributed by atoms with Crippen molar-refractivity contribution >= 4 is 126 Å². The number of ether oxygens (including phenoxy) is 6. The van der Waals surface area contributed by atoms with Crippen molar-refractivity contribution in [3.63, 3.8) is 0 Å². The summed E-state index contributed by atoms with van der Waals surface area (Å²) in [5, 5.41) is 33.9. The van der Waals surface area contributed by atoms with Gasteiger partial charge in [0.25, 0.3) is 0 Å². The second-order valence-electron chi connectivity index (χ2n) is 20.5. The predicted molar refractivity (Wildman–Crippen MR) is 325 cm³/mol. The van der Waals surface area contributed by atoms with E-state index in [4.69, 9.17) is 51.6 Å². The van der Waals surface area contributed by atoms with Gasteiger partial charge in [0.1, 0.15) is 22.3 Å². The van der Waals surface area contributed by atoms with Gasteiger partial charge >= 0.3 is 23.1 Å². The minimum atomic E-state index is -1.25. The first-order valence-corrected chi connectivity index (χ1v) is 28.4. The maximum Gasteiger partial charge on any atom is 2.00 e. The summed E-state index contributed by atoms with van der Waals surface area (Å²) in [6.45, 7) is 0.542. The first-order chi connectivity index (χ1) is 42.4. The molecule has 456 valence electrons. The van der Waals surface area contributed by atoms with E-state index in [1.165, 1.54) is 50.9 Å². The molecule has 0 aliphatic heterocycles. The van der Waals surface area contributed by atoms with E-state index >= 15 is 8.78 Å². The fraction of sp³-hybridized carbons (Fsp3) is 0.250. The Bertz CT molecular complexity index is 3720. The number of methoxy groups -OCH3 is 2. The molecule has 25 heteroatoms. The van der Waals surface area contributed by atoms with Gasteiger partial charge in [-0.25, -0.2) is 8.78 Å². The van der Waals surface area contributed by atoms with E-state index in [1.807, 2.05) is 0 Å². The van der Waals surface area contributed by atoms with Crippen molar-refractivity contribution in [1.82, 2.24) is 9.97 Å². The number of fused-ring (bicyclic) bond motifs is 2. The van der Waals surface area contributed by atoms with Crippen LogP contribution in [0.3, 0.4) is 0 Å². The Morgan fingerprint density at radius 1 is 0.472 bits per heavy atom. The summed E-state index contributed by atoms with van der Waals surface area (Å²) >= 11 is 12.0. The van der Waals surface area contributed by atoms with Crippen LogP contribution >= 0.6 is 23.2 Å². The van der Waals surface area contributed by atoms with Gasteiger partial charge in [0.2, 0.25) is 23.6 Å². The van der Waals surface area contributed by atoms with Crippen molar-refractivity contribution in [3.8, 4) is 46.0 Å². The van der Waals surface area contributed by atoms with Crippen molar-refractivity contribution in [2.75, 3.05) is 48.7 Å². The van der Waals surface area contributed by atoms with Crippen molar-refractivity contribution in [2.24, 2.45) is 10.8 Å². The second-order valence-corrected chi connectivity index (χ2v) is 21.4. The standard InChI is InChI=1S/2C32H29ClFN3O7.Mg/c2*1-42-27-17-22-24(18-28(27)43-14-3-2-7-29(38)39)35-13-10-25(22)44-26-9-8-21(16-23(26)34)37-31(41)32(11-12-32)30(40)36-20-6-4-5-19(33)15-20;/h2*4-6,8-10,13,15-18H,2-3,7,11-12,14H2,1H3,(H,36,40)(H,37,41)(H,38,39);/q;;+2/p-2. The van der Waals surface area contributed by atoms with Gasteiger partial charge in [-0.05, 0) is 149 Å². The van der Waals surface area contributed by atoms with E-state index in [0.717, 1.165) is 12.1 Å². The number of pyridine rings is 2. The number of amides is 4. The Kier molecular flexibility index (Phi) is 22.1. The van der Waals surface area contributed by atoms with Crippen molar-refractivity contribution in [2.45, 2.75) is 64.2 Å². The number of benzene rings is 6. The van der Waals surface area contributed by atoms with Crippen LogP contribution in [0.4, 0.5) is 31.5 Å². The number of hydrogen-bond acceptors (Lipinski definition) is 16. The fourth-order valence-corrected chi connectivity index (χ4v) is 9.53. The van der Waals surface area contributed by atoms with Crippen molar-refractivity contribution < 1.29 is 76.2 Å². The van der Waals surface area contributed by atoms with Crippen LogP contribution in [-0.4, -0.2) is 96.0 Å². The van der Waals surface area contributed by atoms with Crippen molar-refractivity contribution in [3.05, 3.63) is 155 Å². The van der Waals surface area contributed by atoms with E-state index < -0.39 is 58.0 Å². The summed E-state index contributed by atoms with van der Waals surface area (Å²) in [7, 11) is 2.95. The van der Waals surface area contributed by atoms with Crippen LogP contribution in [0.1, 0.15) is 64.2 Å². The summed E-state index contributed by atoms with van der Waals surface area (Å²) in [6.07, 6.45) is 6.23. The average Bonchev–Trinajstić information content (AvgIpc) is 1.76. The first-order valence-electron chi connectivity index (χ1n) is 27.7. The van der Waals surface area contributed by atoms with Crippen LogP contribution in [0.25, 0.3) is 21.8 Å². The molecule has 2 aliphatic rings. The average molecular weight is 1270 g/mol. The van der Waals surface area contributed by atoms with Gasteiger partial charge in [0, 0.05) is 92.2 Å². The number of halogens is 4. The molecular weight excluding hydrogens is 1210 g/mol. The van der Waals surface area contributed by atoms with Crippen LogP contribution in [0.15, 0.2) is 134 Å². The topological polar surface area (TPSA) is 278 Å².